The molecule has 116 valence electrons. The van der Waals surface area contributed by atoms with Gasteiger partial charge in [0, 0.05) is 13.0 Å². The highest BCUT2D eigenvalue weighted by Gasteiger charge is 2.20. The summed E-state index contributed by atoms with van der Waals surface area (Å²) in [4.78, 5) is 12.4. The molecule has 21 heavy (non-hydrogen) atoms. The minimum absolute atomic E-state index is 0.0735. The lowest BCUT2D eigenvalue weighted by molar-refractivity contribution is 0.0104. The van der Waals surface area contributed by atoms with E-state index in [0.717, 1.165) is 25.9 Å². The Morgan fingerprint density at radius 3 is 2.76 bits per heavy atom. The number of Topliss-reactive ketones (excluding diaryl/α,β-unsaturated/α-hetero) is 1. The third-order valence-electron chi connectivity index (χ3n) is 3.75. The Labute approximate surface area is 133 Å². The second-order valence-electron chi connectivity index (χ2n) is 5.11. The number of carbonyl (C=O) groups excluding carboxylic acids is 1. The molecule has 0 spiro atoms. The van der Waals surface area contributed by atoms with Crippen LogP contribution in [0.5, 0.6) is 11.5 Å². The molecule has 4 nitrogen and oxygen atoms in total. The van der Waals surface area contributed by atoms with Crippen LogP contribution in [0.25, 0.3) is 0 Å². The SMILES string of the molecule is COc1ccc(C(=O)CCC2CCCCO2)c(OC)c1Br. The first kappa shape index (κ1) is 16.3. The van der Waals surface area contributed by atoms with Crippen molar-refractivity contribution in [2.24, 2.45) is 0 Å². The first-order valence-electron chi connectivity index (χ1n) is 7.22. The molecule has 1 unspecified atom stereocenters. The summed E-state index contributed by atoms with van der Waals surface area (Å²) in [7, 11) is 3.14. The van der Waals surface area contributed by atoms with Gasteiger partial charge in [0.05, 0.1) is 25.9 Å². The second kappa shape index (κ2) is 7.80. The molecule has 0 saturated carbocycles. The van der Waals surface area contributed by atoms with Crippen LogP contribution < -0.4 is 9.47 Å². The van der Waals surface area contributed by atoms with Crippen LogP contribution >= 0.6 is 15.9 Å². The van der Waals surface area contributed by atoms with Gasteiger partial charge in [-0.25, -0.2) is 0 Å². The summed E-state index contributed by atoms with van der Waals surface area (Å²) in [6.07, 6.45) is 4.83. The Morgan fingerprint density at radius 2 is 2.14 bits per heavy atom. The highest BCUT2D eigenvalue weighted by atomic mass is 79.9. The van der Waals surface area contributed by atoms with Crippen LogP contribution in [0.1, 0.15) is 42.5 Å². The van der Waals surface area contributed by atoms with E-state index in [4.69, 9.17) is 14.2 Å². The molecule has 2 rings (SSSR count). The van der Waals surface area contributed by atoms with Crippen LogP contribution in [0, 0.1) is 0 Å². The maximum absolute atomic E-state index is 12.4. The topological polar surface area (TPSA) is 44.8 Å². The highest BCUT2D eigenvalue weighted by Crippen LogP contribution is 2.37. The van der Waals surface area contributed by atoms with Gasteiger partial charge in [-0.05, 0) is 53.7 Å². The predicted octanol–water partition coefficient (Wildman–Crippen LogP) is 4.00. The third-order valence-corrected chi connectivity index (χ3v) is 4.50. The van der Waals surface area contributed by atoms with E-state index in [0.29, 0.717) is 28.0 Å². The molecule has 1 aromatic rings. The fourth-order valence-corrected chi connectivity index (χ4v) is 3.25. The summed E-state index contributed by atoms with van der Waals surface area (Å²) in [5.74, 6) is 1.26. The zero-order valence-corrected chi connectivity index (χ0v) is 14.1. The molecule has 0 N–H and O–H groups in total. The molecule has 1 saturated heterocycles. The molecule has 1 atom stereocenters. The number of halogens is 1. The van der Waals surface area contributed by atoms with Crippen molar-refractivity contribution in [2.75, 3.05) is 20.8 Å². The third kappa shape index (κ3) is 3.98. The number of ether oxygens (including phenoxy) is 3. The van der Waals surface area contributed by atoms with Gasteiger partial charge >= 0.3 is 0 Å². The fourth-order valence-electron chi connectivity index (χ4n) is 2.58. The van der Waals surface area contributed by atoms with Crippen molar-refractivity contribution < 1.29 is 19.0 Å². The van der Waals surface area contributed by atoms with Crippen molar-refractivity contribution in [1.29, 1.82) is 0 Å². The number of ketones is 1. The fraction of sp³-hybridized carbons (Fsp3) is 0.562. The van der Waals surface area contributed by atoms with Crippen molar-refractivity contribution in [2.45, 2.75) is 38.2 Å². The van der Waals surface area contributed by atoms with Gasteiger partial charge in [-0.15, -0.1) is 0 Å². The van der Waals surface area contributed by atoms with Crippen molar-refractivity contribution >= 4 is 21.7 Å². The zero-order chi connectivity index (χ0) is 15.2. The maximum Gasteiger partial charge on any atom is 0.166 e. The van der Waals surface area contributed by atoms with Gasteiger partial charge in [0.2, 0.25) is 0 Å². The molecule has 1 fully saturated rings. The lowest BCUT2D eigenvalue weighted by atomic mass is 9.99. The average Bonchev–Trinajstić information content (AvgIpc) is 2.53. The maximum atomic E-state index is 12.4. The van der Waals surface area contributed by atoms with Crippen molar-refractivity contribution in [3.05, 3.63) is 22.2 Å². The Kier molecular flexibility index (Phi) is 6.06. The van der Waals surface area contributed by atoms with Gasteiger partial charge in [-0.3, -0.25) is 4.79 Å². The number of methoxy groups -OCH3 is 2. The molecular weight excluding hydrogens is 336 g/mol. The van der Waals surface area contributed by atoms with E-state index in [1.165, 1.54) is 6.42 Å². The van der Waals surface area contributed by atoms with Crippen LogP contribution in [0.15, 0.2) is 16.6 Å². The van der Waals surface area contributed by atoms with Gasteiger partial charge in [-0.2, -0.15) is 0 Å². The highest BCUT2D eigenvalue weighted by molar-refractivity contribution is 9.10. The molecule has 0 bridgehead atoms. The van der Waals surface area contributed by atoms with E-state index < -0.39 is 0 Å². The average molecular weight is 357 g/mol. The lowest BCUT2D eigenvalue weighted by Crippen LogP contribution is -2.20. The molecule has 1 aliphatic rings. The smallest absolute Gasteiger partial charge is 0.166 e. The molecule has 0 amide bonds. The molecule has 0 radical (unpaired) electrons. The van der Waals surface area contributed by atoms with Gasteiger partial charge in [0.25, 0.3) is 0 Å². The first-order chi connectivity index (χ1) is 10.2. The van der Waals surface area contributed by atoms with E-state index in [2.05, 4.69) is 15.9 Å². The number of rotatable bonds is 6. The molecule has 5 heteroatoms. The van der Waals surface area contributed by atoms with Crippen LogP contribution in [0.4, 0.5) is 0 Å². The zero-order valence-electron chi connectivity index (χ0n) is 12.5. The largest absolute Gasteiger partial charge is 0.495 e. The monoisotopic (exact) mass is 356 g/mol. The lowest BCUT2D eigenvalue weighted by Gasteiger charge is -2.22. The summed E-state index contributed by atoms with van der Waals surface area (Å²) in [6, 6.07) is 3.53. The van der Waals surface area contributed by atoms with Gasteiger partial charge in [0.15, 0.2) is 5.78 Å². The predicted molar refractivity (Wildman–Crippen MR) is 84.4 cm³/mol. The number of hydrogen-bond donors (Lipinski definition) is 0. The first-order valence-corrected chi connectivity index (χ1v) is 8.02. The molecule has 1 aromatic carbocycles. The van der Waals surface area contributed by atoms with Crippen molar-refractivity contribution in [1.82, 2.24) is 0 Å². The van der Waals surface area contributed by atoms with E-state index in [9.17, 15) is 4.79 Å². The molecule has 1 heterocycles. The molecular formula is C16H21BrO4. The second-order valence-corrected chi connectivity index (χ2v) is 5.91. The van der Waals surface area contributed by atoms with E-state index in [1.807, 2.05) is 0 Å². The minimum atomic E-state index is 0.0735. The standard InChI is InChI=1S/C16H21BrO4/c1-19-14-9-7-12(16(20-2)15(14)17)13(18)8-6-11-5-3-4-10-21-11/h7,9,11H,3-6,8,10H2,1-2H3. The van der Waals surface area contributed by atoms with Crippen LogP contribution in [-0.2, 0) is 4.74 Å². The summed E-state index contributed by atoms with van der Waals surface area (Å²) in [5.41, 5.74) is 0.584. The van der Waals surface area contributed by atoms with E-state index in [1.54, 1.807) is 26.4 Å². The van der Waals surface area contributed by atoms with Crippen LogP contribution in [0.2, 0.25) is 0 Å². The minimum Gasteiger partial charge on any atom is -0.495 e. The summed E-state index contributed by atoms with van der Waals surface area (Å²) in [6.45, 7) is 0.816. The summed E-state index contributed by atoms with van der Waals surface area (Å²) in [5, 5.41) is 0. The quantitative estimate of drug-likeness (QED) is 0.722. The van der Waals surface area contributed by atoms with Gasteiger partial charge in [-0.1, -0.05) is 0 Å². The van der Waals surface area contributed by atoms with Crippen molar-refractivity contribution in [3.8, 4) is 11.5 Å². The number of benzene rings is 1. The van der Waals surface area contributed by atoms with Crippen LogP contribution in [-0.4, -0.2) is 32.7 Å². The van der Waals surface area contributed by atoms with Gasteiger partial charge in [0.1, 0.15) is 16.0 Å². The van der Waals surface area contributed by atoms with Crippen LogP contribution in [0.3, 0.4) is 0 Å². The number of carbonyl (C=O) groups is 1. The Hall–Kier alpha value is -1.07. The van der Waals surface area contributed by atoms with Gasteiger partial charge < -0.3 is 14.2 Å². The Morgan fingerprint density at radius 1 is 1.33 bits per heavy atom. The summed E-state index contributed by atoms with van der Waals surface area (Å²) < 4.78 is 16.9. The molecule has 1 aliphatic heterocycles. The Bertz CT molecular complexity index is 495. The molecule has 0 aromatic heterocycles. The summed E-state index contributed by atoms with van der Waals surface area (Å²) >= 11 is 3.42. The van der Waals surface area contributed by atoms with Crippen molar-refractivity contribution in [3.63, 3.8) is 0 Å². The normalized spacial score (nSPS) is 18.3. The van der Waals surface area contributed by atoms with E-state index in [-0.39, 0.29) is 11.9 Å². The Balaban J connectivity index is 2.06. The molecule has 0 aliphatic carbocycles. The van der Waals surface area contributed by atoms with E-state index >= 15 is 0 Å². The number of hydrogen-bond acceptors (Lipinski definition) is 4.